The molecule has 0 heterocycles. The second kappa shape index (κ2) is 3.53. The number of allylic oxidation sites excluding steroid dienone is 1. The van der Waals surface area contributed by atoms with Crippen LogP contribution < -0.4 is 4.74 Å². The van der Waals surface area contributed by atoms with Crippen LogP contribution in [0.2, 0.25) is 0 Å². The van der Waals surface area contributed by atoms with Crippen LogP contribution in [0.5, 0.6) is 5.75 Å². The number of halogens is 2. The van der Waals surface area contributed by atoms with E-state index in [-0.39, 0.29) is 17.1 Å². The van der Waals surface area contributed by atoms with E-state index in [0.29, 0.717) is 18.4 Å². The molecule has 0 aliphatic heterocycles. The summed E-state index contributed by atoms with van der Waals surface area (Å²) < 4.78 is 31.6. The molecule has 1 aromatic rings. The highest BCUT2D eigenvalue weighted by atomic mass is 19.1. The van der Waals surface area contributed by atoms with Crippen molar-refractivity contribution in [1.29, 1.82) is 0 Å². The maximum absolute atomic E-state index is 13.4. The van der Waals surface area contributed by atoms with Gasteiger partial charge in [-0.15, -0.1) is 0 Å². The first-order valence-electron chi connectivity index (χ1n) is 4.58. The summed E-state index contributed by atoms with van der Waals surface area (Å²) in [6.45, 7) is 0. The van der Waals surface area contributed by atoms with Gasteiger partial charge in [-0.1, -0.05) is 0 Å². The third-order valence-electron chi connectivity index (χ3n) is 2.32. The van der Waals surface area contributed by atoms with Crippen molar-refractivity contribution in [3.63, 3.8) is 0 Å². The Morgan fingerprint density at radius 2 is 1.80 bits per heavy atom. The first-order chi connectivity index (χ1) is 7.13. The number of methoxy groups -OCH3 is 1. The Morgan fingerprint density at radius 1 is 1.27 bits per heavy atom. The lowest BCUT2D eigenvalue weighted by atomic mass is 10.1. The van der Waals surface area contributed by atoms with Crippen LogP contribution in [0.25, 0.3) is 5.76 Å². The largest absolute Gasteiger partial charge is 0.507 e. The number of aliphatic hydroxyl groups is 1. The smallest absolute Gasteiger partial charge is 0.140 e. The van der Waals surface area contributed by atoms with Crippen LogP contribution in [0.3, 0.4) is 0 Å². The molecule has 0 aromatic heterocycles. The summed E-state index contributed by atoms with van der Waals surface area (Å²) in [6, 6.07) is 2.11. The van der Waals surface area contributed by atoms with Crippen molar-refractivity contribution in [2.45, 2.75) is 12.8 Å². The number of hydrogen-bond acceptors (Lipinski definition) is 2. The maximum Gasteiger partial charge on any atom is 0.140 e. The van der Waals surface area contributed by atoms with Gasteiger partial charge in [-0.3, -0.25) is 0 Å². The van der Waals surface area contributed by atoms with E-state index in [1.54, 1.807) is 0 Å². The maximum atomic E-state index is 13.4. The van der Waals surface area contributed by atoms with Gasteiger partial charge in [-0.05, 0) is 18.4 Å². The van der Waals surface area contributed by atoms with Crippen molar-refractivity contribution in [3.8, 4) is 5.75 Å². The molecule has 1 aromatic carbocycles. The van der Waals surface area contributed by atoms with Crippen LogP contribution in [-0.4, -0.2) is 12.2 Å². The summed E-state index contributed by atoms with van der Waals surface area (Å²) in [5.41, 5.74) is 0.335. The lowest BCUT2D eigenvalue weighted by molar-refractivity contribution is 0.405. The van der Waals surface area contributed by atoms with Gasteiger partial charge in [0, 0.05) is 12.1 Å². The predicted molar refractivity (Wildman–Crippen MR) is 51.7 cm³/mol. The zero-order chi connectivity index (χ0) is 11.0. The Labute approximate surface area is 85.8 Å². The van der Waals surface area contributed by atoms with Gasteiger partial charge in [-0.25, -0.2) is 8.78 Å². The fourth-order valence-electron chi connectivity index (χ4n) is 1.37. The fourth-order valence-corrected chi connectivity index (χ4v) is 1.37. The van der Waals surface area contributed by atoms with Crippen LogP contribution in [0, 0.1) is 11.6 Å². The van der Waals surface area contributed by atoms with E-state index in [1.165, 1.54) is 7.11 Å². The molecule has 0 bridgehead atoms. The second-order valence-electron chi connectivity index (χ2n) is 3.42. The van der Waals surface area contributed by atoms with Gasteiger partial charge in [0.2, 0.25) is 0 Å². The monoisotopic (exact) mass is 212 g/mol. The Kier molecular flexibility index (Phi) is 2.34. The summed E-state index contributed by atoms with van der Waals surface area (Å²) in [5, 5.41) is 9.54. The summed E-state index contributed by atoms with van der Waals surface area (Å²) in [4.78, 5) is 0. The van der Waals surface area contributed by atoms with Gasteiger partial charge in [0.1, 0.15) is 23.1 Å². The molecule has 15 heavy (non-hydrogen) atoms. The van der Waals surface area contributed by atoms with Crippen LogP contribution in [0.15, 0.2) is 17.7 Å². The minimum atomic E-state index is -0.802. The molecule has 0 spiro atoms. The Balaban J connectivity index is 2.52. The quantitative estimate of drug-likeness (QED) is 0.763. The summed E-state index contributed by atoms with van der Waals surface area (Å²) >= 11 is 0. The number of aliphatic hydroxyl groups excluding tert-OH is 1. The van der Waals surface area contributed by atoms with Gasteiger partial charge >= 0.3 is 0 Å². The third-order valence-corrected chi connectivity index (χ3v) is 2.32. The van der Waals surface area contributed by atoms with Crippen LogP contribution in [0.4, 0.5) is 8.78 Å². The van der Waals surface area contributed by atoms with Crippen LogP contribution >= 0.6 is 0 Å². The Morgan fingerprint density at radius 3 is 2.20 bits per heavy atom. The van der Waals surface area contributed by atoms with Crippen molar-refractivity contribution < 1.29 is 18.6 Å². The summed E-state index contributed by atoms with van der Waals surface area (Å²) in [6.07, 6.45) is 1.41. The molecular weight excluding hydrogens is 202 g/mol. The lowest BCUT2D eigenvalue weighted by Gasteiger charge is -2.06. The molecule has 80 valence electrons. The highest BCUT2D eigenvalue weighted by molar-refractivity contribution is 5.66. The van der Waals surface area contributed by atoms with Crippen molar-refractivity contribution in [1.82, 2.24) is 0 Å². The van der Waals surface area contributed by atoms with E-state index in [9.17, 15) is 13.9 Å². The molecule has 4 heteroatoms. The first-order valence-corrected chi connectivity index (χ1v) is 4.58. The topological polar surface area (TPSA) is 29.5 Å². The zero-order valence-electron chi connectivity index (χ0n) is 8.18. The fraction of sp³-hybridized carbons (Fsp3) is 0.273. The summed E-state index contributed by atoms with van der Waals surface area (Å²) in [5.74, 6) is -1.78. The standard InChI is InChI=1S/C11H10F2O2/c1-15-7-4-8(12)10(9(13)5-7)11(14)6-2-3-6/h4-5,14H,2-3H2,1H3. The molecule has 1 fully saturated rings. The minimum Gasteiger partial charge on any atom is -0.507 e. The number of ether oxygens (including phenoxy) is 1. The molecule has 2 rings (SSSR count). The van der Waals surface area contributed by atoms with E-state index in [1.807, 2.05) is 0 Å². The molecule has 2 nitrogen and oxygen atoms in total. The molecule has 1 saturated carbocycles. The lowest BCUT2D eigenvalue weighted by Crippen LogP contribution is -1.96. The van der Waals surface area contributed by atoms with E-state index < -0.39 is 11.6 Å². The molecule has 0 amide bonds. The molecular formula is C11H10F2O2. The third kappa shape index (κ3) is 1.79. The van der Waals surface area contributed by atoms with Gasteiger partial charge in [0.25, 0.3) is 0 Å². The molecule has 1 N–H and O–H groups in total. The molecule has 0 atom stereocenters. The van der Waals surface area contributed by atoms with E-state index >= 15 is 0 Å². The number of hydrogen-bond donors (Lipinski definition) is 1. The van der Waals surface area contributed by atoms with Gasteiger partial charge in [0.05, 0.1) is 12.7 Å². The highest BCUT2D eigenvalue weighted by Gasteiger charge is 2.24. The van der Waals surface area contributed by atoms with Crippen molar-refractivity contribution in [2.75, 3.05) is 7.11 Å². The highest BCUT2D eigenvalue weighted by Crippen LogP contribution is 2.37. The molecule has 0 radical (unpaired) electrons. The molecule has 1 aliphatic rings. The van der Waals surface area contributed by atoms with Crippen molar-refractivity contribution in [3.05, 3.63) is 34.9 Å². The second-order valence-corrected chi connectivity index (χ2v) is 3.42. The van der Waals surface area contributed by atoms with Gasteiger partial charge in [0.15, 0.2) is 0 Å². The van der Waals surface area contributed by atoms with Crippen molar-refractivity contribution in [2.24, 2.45) is 0 Å². The molecule has 0 saturated heterocycles. The normalized spacial score (nSPS) is 13.9. The average molecular weight is 212 g/mol. The van der Waals surface area contributed by atoms with Crippen LogP contribution in [-0.2, 0) is 0 Å². The average Bonchev–Trinajstić information content (AvgIpc) is 2.99. The van der Waals surface area contributed by atoms with Gasteiger partial charge in [-0.2, -0.15) is 0 Å². The molecule has 0 unspecified atom stereocenters. The van der Waals surface area contributed by atoms with E-state index in [2.05, 4.69) is 0 Å². The first kappa shape index (κ1) is 9.96. The van der Waals surface area contributed by atoms with E-state index in [0.717, 1.165) is 12.1 Å². The number of benzene rings is 1. The Hall–Kier alpha value is -1.58. The van der Waals surface area contributed by atoms with Gasteiger partial charge < -0.3 is 9.84 Å². The Bertz CT molecular complexity index is 409. The SMILES string of the molecule is COc1cc(F)c(C(O)=C2CC2)c(F)c1. The van der Waals surface area contributed by atoms with Crippen LogP contribution in [0.1, 0.15) is 18.4 Å². The zero-order valence-corrected chi connectivity index (χ0v) is 8.18. The minimum absolute atomic E-state index is 0.0994. The predicted octanol–water partition coefficient (Wildman–Crippen LogP) is 3.04. The van der Waals surface area contributed by atoms with E-state index in [4.69, 9.17) is 4.74 Å². The van der Waals surface area contributed by atoms with Crippen molar-refractivity contribution >= 4 is 5.76 Å². The molecule has 1 aliphatic carbocycles. The number of rotatable bonds is 2. The summed E-state index contributed by atoms with van der Waals surface area (Å²) in [7, 11) is 1.33.